The molecule has 1 aliphatic carbocycles. The zero-order chi connectivity index (χ0) is 12.8. The van der Waals surface area contributed by atoms with E-state index in [-0.39, 0.29) is 6.61 Å². The van der Waals surface area contributed by atoms with Crippen LogP contribution in [0.1, 0.15) is 44.9 Å². The second-order valence-electron chi connectivity index (χ2n) is 5.03. The highest BCUT2D eigenvalue weighted by molar-refractivity contribution is 4.89. The number of rotatable bonds is 8. The van der Waals surface area contributed by atoms with Gasteiger partial charge in [0.25, 0.3) is 0 Å². The molecule has 0 atom stereocenters. The second-order valence-corrected chi connectivity index (χ2v) is 5.03. The smallest absolute Gasteiger partial charge is 0.141 e. The van der Waals surface area contributed by atoms with Gasteiger partial charge < -0.3 is 5.11 Å². The second kappa shape index (κ2) is 6.85. The van der Waals surface area contributed by atoms with E-state index in [0.717, 1.165) is 38.3 Å². The largest absolute Gasteiger partial charge is 0.396 e. The Kier molecular flexibility index (Phi) is 5.13. The summed E-state index contributed by atoms with van der Waals surface area (Å²) in [5, 5.41) is 13.3. The van der Waals surface area contributed by atoms with Crippen molar-refractivity contribution in [3.63, 3.8) is 0 Å². The highest BCUT2D eigenvalue weighted by Crippen LogP contribution is 2.26. The Hall–Kier alpha value is -0.940. The number of aromatic nitrogens is 3. The Labute approximate surface area is 109 Å². The third kappa shape index (κ3) is 3.29. The summed E-state index contributed by atoms with van der Waals surface area (Å²) in [6, 6.07) is 0.684. The van der Waals surface area contributed by atoms with Crippen molar-refractivity contribution in [2.24, 2.45) is 0 Å². The fourth-order valence-electron chi connectivity index (χ4n) is 2.41. The lowest BCUT2D eigenvalue weighted by atomic mass is 9.91. The molecule has 1 saturated carbocycles. The van der Waals surface area contributed by atoms with Gasteiger partial charge in [0, 0.05) is 25.7 Å². The molecule has 0 amide bonds. The van der Waals surface area contributed by atoms with Gasteiger partial charge in [0.15, 0.2) is 0 Å². The molecule has 0 unspecified atom stereocenters. The monoisotopic (exact) mass is 252 g/mol. The van der Waals surface area contributed by atoms with Crippen LogP contribution in [0.2, 0.25) is 0 Å². The Morgan fingerprint density at radius 3 is 2.94 bits per heavy atom. The first kappa shape index (κ1) is 13.5. The summed E-state index contributed by atoms with van der Waals surface area (Å²) in [6.45, 7) is 5.18. The van der Waals surface area contributed by atoms with E-state index in [1.165, 1.54) is 19.3 Å². The summed E-state index contributed by atoms with van der Waals surface area (Å²) in [5.74, 6) is 1.06. The summed E-state index contributed by atoms with van der Waals surface area (Å²) >= 11 is 0. The molecule has 1 heterocycles. The third-order valence-electron chi connectivity index (χ3n) is 3.67. The maximum Gasteiger partial charge on any atom is 0.141 e. The van der Waals surface area contributed by atoms with E-state index in [4.69, 9.17) is 5.11 Å². The molecule has 0 aliphatic heterocycles. The maximum atomic E-state index is 8.99. The topological polar surface area (TPSA) is 54.2 Å². The van der Waals surface area contributed by atoms with E-state index in [2.05, 4.69) is 21.9 Å². The van der Waals surface area contributed by atoms with Gasteiger partial charge in [-0.3, -0.25) is 4.90 Å². The Morgan fingerprint density at radius 1 is 1.50 bits per heavy atom. The molecule has 1 fully saturated rings. The minimum absolute atomic E-state index is 0.269. The Morgan fingerprint density at radius 2 is 2.33 bits per heavy atom. The zero-order valence-electron chi connectivity index (χ0n) is 11.3. The van der Waals surface area contributed by atoms with Gasteiger partial charge in [-0.25, -0.2) is 9.67 Å². The normalized spacial score (nSPS) is 16.2. The minimum Gasteiger partial charge on any atom is -0.396 e. The molecule has 1 aliphatic rings. The van der Waals surface area contributed by atoms with E-state index in [9.17, 15) is 0 Å². The molecule has 5 heteroatoms. The van der Waals surface area contributed by atoms with E-state index in [1.54, 1.807) is 6.33 Å². The van der Waals surface area contributed by atoms with Gasteiger partial charge >= 0.3 is 0 Å². The summed E-state index contributed by atoms with van der Waals surface area (Å²) < 4.78 is 2.00. The number of aliphatic hydroxyl groups is 1. The van der Waals surface area contributed by atoms with Crippen molar-refractivity contribution in [1.82, 2.24) is 19.7 Å². The molecule has 1 aromatic rings. The molecular weight excluding hydrogens is 228 g/mol. The predicted octanol–water partition coefficient (Wildman–Crippen LogP) is 1.43. The average Bonchev–Trinajstić information content (AvgIpc) is 2.72. The van der Waals surface area contributed by atoms with Gasteiger partial charge in [0.2, 0.25) is 0 Å². The molecule has 0 radical (unpaired) electrons. The first-order valence-electron chi connectivity index (χ1n) is 7.06. The van der Waals surface area contributed by atoms with Crippen LogP contribution < -0.4 is 0 Å². The van der Waals surface area contributed by atoms with E-state index >= 15 is 0 Å². The van der Waals surface area contributed by atoms with Gasteiger partial charge in [-0.05, 0) is 25.7 Å². The molecule has 5 nitrogen and oxygen atoms in total. The van der Waals surface area contributed by atoms with Crippen molar-refractivity contribution in [3.05, 3.63) is 12.2 Å². The van der Waals surface area contributed by atoms with Crippen LogP contribution in [0.15, 0.2) is 6.33 Å². The van der Waals surface area contributed by atoms with Crippen LogP contribution >= 0.6 is 0 Å². The molecule has 0 saturated heterocycles. The predicted molar refractivity (Wildman–Crippen MR) is 70.1 cm³/mol. The average molecular weight is 252 g/mol. The summed E-state index contributed by atoms with van der Waals surface area (Å²) in [5.41, 5.74) is 0. The fourth-order valence-corrected chi connectivity index (χ4v) is 2.41. The number of hydrogen-bond acceptors (Lipinski definition) is 4. The van der Waals surface area contributed by atoms with Crippen molar-refractivity contribution in [1.29, 1.82) is 0 Å². The van der Waals surface area contributed by atoms with Crippen molar-refractivity contribution >= 4 is 0 Å². The quantitative estimate of drug-likeness (QED) is 0.760. The SMILES string of the molecule is CCCn1ncnc1CN(CCCO)C1CCC1. The van der Waals surface area contributed by atoms with Crippen molar-refractivity contribution in [2.75, 3.05) is 13.2 Å². The van der Waals surface area contributed by atoms with Crippen LogP contribution in [0.3, 0.4) is 0 Å². The van der Waals surface area contributed by atoms with Crippen LogP contribution in [0.4, 0.5) is 0 Å². The van der Waals surface area contributed by atoms with Crippen LogP contribution in [0.25, 0.3) is 0 Å². The van der Waals surface area contributed by atoms with Crippen LogP contribution in [0, 0.1) is 0 Å². The van der Waals surface area contributed by atoms with Gasteiger partial charge in [-0.2, -0.15) is 5.10 Å². The number of aryl methyl sites for hydroxylation is 1. The Balaban J connectivity index is 1.95. The number of hydrogen-bond donors (Lipinski definition) is 1. The van der Waals surface area contributed by atoms with E-state index in [1.807, 2.05) is 4.68 Å². The third-order valence-corrected chi connectivity index (χ3v) is 3.67. The van der Waals surface area contributed by atoms with Gasteiger partial charge in [-0.1, -0.05) is 13.3 Å². The summed E-state index contributed by atoms with van der Waals surface area (Å²) in [6.07, 6.45) is 7.48. The first-order valence-corrected chi connectivity index (χ1v) is 7.06. The molecule has 1 aromatic heterocycles. The molecule has 0 bridgehead atoms. The molecule has 0 aromatic carbocycles. The molecule has 2 rings (SSSR count). The lowest BCUT2D eigenvalue weighted by Crippen LogP contribution is -2.41. The maximum absolute atomic E-state index is 8.99. The van der Waals surface area contributed by atoms with Crippen molar-refractivity contribution in [3.8, 4) is 0 Å². The van der Waals surface area contributed by atoms with E-state index < -0.39 is 0 Å². The lowest BCUT2D eigenvalue weighted by Gasteiger charge is -2.37. The summed E-state index contributed by atoms with van der Waals surface area (Å²) in [7, 11) is 0. The van der Waals surface area contributed by atoms with Crippen LogP contribution in [0.5, 0.6) is 0 Å². The number of aliphatic hydroxyl groups excluding tert-OH is 1. The van der Waals surface area contributed by atoms with Crippen molar-refractivity contribution in [2.45, 2.75) is 58.2 Å². The fraction of sp³-hybridized carbons (Fsp3) is 0.846. The van der Waals surface area contributed by atoms with Crippen molar-refractivity contribution < 1.29 is 5.11 Å². The lowest BCUT2D eigenvalue weighted by molar-refractivity contribution is 0.105. The highest BCUT2D eigenvalue weighted by atomic mass is 16.3. The van der Waals surface area contributed by atoms with Gasteiger partial charge in [-0.15, -0.1) is 0 Å². The minimum atomic E-state index is 0.269. The summed E-state index contributed by atoms with van der Waals surface area (Å²) in [4.78, 5) is 6.83. The Bertz CT molecular complexity index is 349. The molecular formula is C13H24N4O. The van der Waals surface area contributed by atoms with Gasteiger partial charge in [0.1, 0.15) is 12.2 Å². The van der Waals surface area contributed by atoms with Gasteiger partial charge in [0.05, 0.1) is 6.54 Å². The highest BCUT2D eigenvalue weighted by Gasteiger charge is 2.25. The van der Waals surface area contributed by atoms with Crippen LogP contribution in [-0.4, -0.2) is 44.0 Å². The molecule has 0 spiro atoms. The standard InChI is InChI=1S/C13H24N4O/c1-2-7-17-13(14-11-15-17)10-16(8-4-9-18)12-5-3-6-12/h11-12,18H,2-10H2,1H3. The number of nitrogens with zero attached hydrogens (tertiary/aromatic N) is 4. The first-order chi connectivity index (χ1) is 8.85. The molecule has 102 valence electrons. The molecule has 1 N–H and O–H groups in total. The zero-order valence-corrected chi connectivity index (χ0v) is 11.3. The molecule has 18 heavy (non-hydrogen) atoms. The van der Waals surface area contributed by atoms with Crippen LogP contribution in [-0.2, 0) is 13.1 Å². The van der Waals surface area contributed by atoms with E-state index in [0.29, 0.717) is 6.04 Å².